The average molecular weight is 356 g/mol. The lowest BCUT2D eigenvalue weighted by molar-refractivity contribution is -0.126. The Bertz CT molecular complexity index is 670. The minimum absolute atomic E-state index is 0.117. The summed E-state index contributed by atoms with van der Waals surface area (Å²) in [6.07, 6.45) is 8.60. The van der Waals surface area contributed by atoms with E-state index in [2.05, 4.69) is 31.9 Å². The molecule has 0 bridgehead atoms. The Labute approximate surface area is 155 Å². The summed E-state index contributed by atoms with van der Waals surface area (Å²) >= 11 is 0. The Morgan fingerprint density at radius 1 is 1.35 bits per heavy atom. The monoisotopic (exact) mass is 356 g/mol. The molecule has 26 heavy (non-hydrogen) atoms. The highest BCUT2D eigenvalue weighted by Crippen LogP contribution is 2.20. The van der Waals surface area contributed by atoms with Crippen LogP contribution < -0.4 is 10.1 Å². The molecular weight excluding hydrogens is 328 g/mol. The molecular formula is C20H28N4O2. The lowest BCUT2D eigenvalue weighted by atomic mass is 9.97. The van der Waals surface area contributed by atoms with Crippen molar-refractivity contribution in [2.24, 2.45) is 5.92 Å². The second-order valence-corrected chi connectivity index (χ2v) is 6.83. The van der Waals surface area contributed by atoms with Gasteiger partial charge in [-0.15, -0.1) is 0 Å². The second-order valence-electron chi connectivity index (χ2n) is 6.83. The molecule has 1 amide bonds. The van der Waals surface area contributed by atoms with Crippen molar-refractivity contribution >= 4 is 5.91 Å². The van der Waals surface area contributed by atoms with E-state index in [1.54, 1.807) is 13.2 Å². The number of amides is 1. The highest BCUT2D eigenvalue weighted by atomic mass is 16.5. The molecule has 3 rings (SSSR count). The van der Waals surface area contributed by atoms with Gasteiger partial charge in [-0.2, -0.15) is 0 Å². The fourth-order valence-electron chi connectivity index (χ4n) is 3.42. The van der Waals surface area contributed by atoms with Crippen LogP contribution >= 0.6 is 0 Å². The molecule has 0 unspecified atom stereocenters. The van der Waals surface area contributed by atoms with Crippen LogP contribution in [0.5, 0.6) is 5.75 Å². The van der Waals surface area contributed by atoms with Crippen LogP contribution in [0.25, 0.3) is 0 Å². The van der Waals surface area contributed by atoms with E-state index in [-0.39, 0.29) is 11.8 Å². The first-order valence-corrected chi connectivity index (χ1v) is 9.36. The van der Waals surface area contributed by atoms with Gasteiger partial charge in [0.1, 0.15) is 5.75 Å². The number of aryl methyl sites for hydroxylation is 1. The highest BCUT2D eigenvalue weighted by molar-refractivity contribution is 5.78. The third kappa shape index (κ3) is 5.33. The maximum absolute atomic E-state index is 11.9. The summed E-state index contributed by atoms with van der Waals surface area (Å²) in [7, 11) is 1.72. The number of imidazole rings is 1. The molecule has 1 aliphatic rings. The zero-order chi connectivity index (χ0) is 18.2. The zero-order valence-electron chi connectivity index (χ0n) is 15.4. The van der Waals surface area contributed by atoms with E-state index in [1.165, 1.54) is 5.56 Å². The lowest BCUT2D eigenvalue weighted by Crippen LogP contribution is -2.41. The number of likely N-dealkylation sites (tertiary alicyclic amines) is 1. The fourth-order valence-corrected chi connectivity index (χ4v) is 3.42. The number of hydrogen-bond donors (Lipinski definition) is 1. The van der Waals surface area contributed by atoms with E-state index in [4.69, 9.17) is 4.74 Å². The standard InChI is InChI=1S/C20H28N4O2/c1-21-20(25)18-4-2-10-24(15-18)14-17-5-7-19(8-6-17)26-13-3-11-23-12-9-22-16-23/h5-9,12,16,18H,2-4,10-11,13-15H2,1H3,(H,21,25)/t18-/m0/s1. The molecule has 0 radical (unpaired) electrons. The molecule has 2 aromatic rings. The number of hydrogen-bond acceptors (Lipinski definition) is 4. The first kappa shape index (κ1) is 18.5. The number of carbonyl (C=O) groups is 1. The number of rotatable bonds is 8. The van der Waals surface area contributed by atoms with E-state index >= 15 is 0 Å². The molecule has 0 spiro atoms. The number of nitrogens with zero attached hydrogens (tertiary/aromatic N) is 3. The van der Waals surface area contributed by atoms with Gasteiger partial charge < -0.3 is 14.6 Å². The van der Waals surface area contributed by atoms with Gasteiger partial charge in [-0.3, -0.25) is 9.69 Å². The third-order valence-electron chi connectivity index (χ3n) is 4.84. The second kappa shape index (κ2) is 9.38. The topological polar surface area (TPSA) is 59.4 Å². The van der Waals surface area contributed by atoms with Gasteiger partial charge in [-0.05, 0) is 43.5 Å². The lowest BCUT2D eigenvalue weighted by Gasteiger charge is -2.31. The largest absolute Gasteiger partial charge is 0.494 e. The number of ether oxygens (including phenoxy) is 1. The van der Waals surface area contributed by atoms with Crippen molar-refractivity contribution in [1.82, 2.24) is 19.8 Å². The highest BCUT2D eigenvalue weighted by Gasteiger charge is 2.24. The number of piperidine rings is 1. The summed E-state index contributed by atoms with van der Waals surface area (Å²) in [5, 5.41) is 2.77. The molecule has 1 atom stereocenters. The van der Waals surface area contributed by atoms with Crippen molar-refractivity contribution in [3.05, 3.63) is 48.5 Å². The van der Waals surface area contributed by atoms with Crippen molar-refractivity contribution in [3.8, 4) is 5.75 Å². The van der Waals surface area contributed by atoms with Crippen LogP contribution in [-0.2, 0) is 17.9 Å². The van der Waals surface area contributed by atoms with Crippen molar-refractivity contribution in [1.29, 1.82) is 0 Å². The van der Waals surface area contributed by atoms with Crippen molar-refractivity contribution in [2.75, 3.05) is 26.7 Å². The minimum Gasteiger partial charge on any atom is -0.494 e. The Kier molecular flexibility index (Phi) is 6.66. The summed E-state index contributed by atoms with van der Waals surface area (Å²) in [4.78, 5) is 18.2. The summed E-state index contributed by atoms with van der Waals surface area (Å²) < 4.78 is 7.86. The van der Waals surface area contributed by atoms with Crippen LogP contribution in [0.2, 0.25) is 0 Å². The Balaban J connectivity index is 1.41. The summed E-state index contributed by atoms with van der Waals surface area (Å²) in [5.41, 5.74) is 1.26. The van der Waals surface area contributed by atoms with Crippen LogP contribution in [0.15, 0.2) is 43.0 Å². The van der Waals surface area contributed by atoms with Gasteiger partial charge >= 0.3 is 0 Å². The first-order chi connectivity index (χ1) is 12.7. The van der Waals surface area contributed by atoms with Crippen LogP contribution in [0.3, 0.4) is 0 Å². The maximum atomic E-state index is 11.9. The summed E-state index contributed by atoms with van der Waals surface area (Å²) in [5.74, 6) is 1.18. The molecule has 6 nitrogen and oxygen atoms in total. The molecule has 0 aliphatic carbocycles. The summed E-state index contributed by atoms with van der Waals surface area (Å²) in [6.45, 7) is 4.39. The number of aromatic nitrogens is 2. The SMILES string of the molecule is CNC(=O)[C@H]1CCCN(Cc2ccc(OCCCn3ccnc3)cc2)C1. The van der Waals surface area contributed by atoms with Gasteiger partial charge in [0.25, 0.3) is 0 Å². The van der Waals surface area contributed by atoms with Gasteiger partial charge in [0.05, 0.1) is 18.9 Å². The predicted octanol–water partition coefficient (Wildman–Crippen LogP) is 2.31. The average Bonchev–Trinajstić information content (AvgIpc) is 3.19. The van der Waals surface area contributed by atoms with E-state index in [0.29, 0.717) is 6.61 Å². The normalized spacial score (nSPS) is 17.8. The van der Waals surface area contributed by atoms with Crippen LogP contribution in [-0.4, -0.2) is 47.1 Å². The number of carbonyl (C=O) groups excluding carboxylic acids is 1. The van der Waals surface area contributed by atoms with Crippen molar-refractivity contribution in [2.45, 2.75) is 32.4 Å². The quantitative estimate of drug-likeness (QED) is 0.738. The molecule has 1 fully saturated rings. The number of nitrogens with one attached hydrogen (secondary N) is 1. The molecule has 1 aliphatic heterocycles. The van der Waals surface area contributed by atoms with Crippen LogP contribution in [0.1, 0.15) is 24.8 Å². The van der Waals surface area contributed by atoms with Gasteiger partial charge in [-0.25, -0.2) is 4.98 Å². The van der Waals surface area contributed by atoms with Crippen molar-refractivity contribution < 1.29 is 9.53 Å². The zero-order valence-corrected chi connectivity index (χ0v) is 15.4. The van der Waals surface area contributed by atoms with E-state index in [1.807, 2.05) is 24.7 Å². The summed E-state index contributed by atoms with van der Waals surface area (Å²) in [6, 6.07) is 8.31. The molecule has 6 heteroatoms. The van der Waals surface area contributed by atoms with Crippen LogP contribution in [0.4, 0.5) is 0 Å². The molecule has 1 aromatic heterocycles. The first-order valence-electron chi connectivity index (χ1n) is 9.36. The minimum atomic E-state index is 0.117. The van der Waals surface area contributed by atoms with Gasteiger partial charge in [0, 0.05) is 39.1 Å². The molecule has 1 saturated heterocycles. The smallest absolute Gasteiger partial charge is 0.224 e. The van der Waals surface area contributed by atoms with Crippen molar-refractivity contribution in [3.63, 3.8) is 0 Å². The predicted molar refractivity (Wildman–Crippen MR) is 101 cm³/mol. The molecule has 1 N–H and O–H groups in total. The Morgan fingerprint density at radius 3 is 2.92 bits per heavy atom. The fraction of sp³-hybridized carbons (Fsp3) is 0.500. The third-order valence-corrected chi connectivity index (χ3v) is 4.84. The molecule has 2 heterocycles. The number of benzene rings is 1. The van der Waals surface area contributed by atoms with Gasteiger partial charge in [0.15, 0.2) is 0 Å². The Hall–Kier alpha value is -2.34. The molecule has 140 valence electrons. The van der Waals surface area contributed by atoms with Gasteiger partial charge in [0.2, 0.25) is 5.91 Å². The Morgan fingerprint density at radius 2 is 2.19 bits per heavy atom. The van der Waals surface area contributed by atoms with E-state index in [0.717, 1.165) is 51.2 Å². The van der Waals surface area contributed by atoms with E-state index < -0.39 is 0 Å². The molecule has 0 saturated carbocycles. The maximum Gasteiger partial charge on any atom is 0.224 e. The molecule has 1 aromatic carbocycles. The van der Waals surface area contributed by atoms with Gasteiger partial charge in [-0.1, -0.05) is 12.1 Å². The van der Waals surface area contributed by atoms with Crippen LogP contribution in [0, 0.1) is 5.92 Å². The van der Waals surface area contributed by atoms with E-state index in [9.17, 15) is 4.79 Å².